The lowest BCUT2D eigenvalue weighted by Crippen LogP contribution is -2.57. The molecule has 4 nitrogen and oxygen atoms in total. The minimum atomic E-state index is 0.338. The molecule has 3 atom stereocenters. The van der Waals surface area contributed by atoms with E-state index in [9.17, 15) is 0 Å². The summed E-state index contributed by atoms with van der Waals surface area (Å²) in [6.07, 6.45) is 2.42. The van der Waals surface area contributed by atoms with Gasteiger partial charge in [-0.3, -0.25) is 9.80 Å². The predicted octanol–water partition coefficient (Wildman–Crippen LogP) is 1.42. The molecule has 0 aromatic heterocycles. The molecule has 2 saturated heterocycles. The second kappa shape index (κ2) is 7.21. The number of hydrogen-bond acceptors (Lipinski definition) is 4. The summed E-state index contributed by atoms with van der Waals surface area (Å²) in [5, 5.41) is 3.62. The van der Waals surface area contributed by atoms with Gasteiger partial charge in [-0.1, -0.05) is 6.92 Å². The molecule has 3 unspecified atom stereocenters. The van der Waals surface area contributed by atoms with Crippen molar-refractivity contribution in [1.29, 1.82) is 0 Å². The Balaban J connectivity index is 1.91. The van der Waals surface area contributed by atoms with E-state index >= 15 is 0 Å². The maximum absolute atomic E-state index is 5.73. The predicted molar refractivity (Wildman–Crippen MR) is 84.2 cm³/mol. The number of nitrogens with one attached hydrogen (secondary N) is 1. The second-order valence-corrected chi connectivity index (χ2v) is 7.04. The average Bonchev–Trinajstić information content (AvgIpc) is 2.85. The van der Waals surface area contributed by atoms with Crippen LogP contribution in [-0.4, -0.2) is 74.9 Å². The average molecular weight is 283 g/mol. The van der Waals surface area contributed by atoms with Crippen molar-refractivity contribution in [2.45, 2.75) is 45.7 Å². The van der Waals surface area contributed by atoms with Crippen LogP contribution < -0.4 is 5.32 Å². The van der Waals surface area contributed by atoms with E-state index in [0.29, 0.717) is 17.5 Å². The molecule has 20 heavy (non-hydrogen) atoms. The molecule has 2 aliphatic rings. The first kappa shape index (κ1) is 16.2. The van der Waals surface area contributed by atoms with Gasteiger partial charge < -0.3 is 10.1 Å². The molecule has 0 amide bonds. The quantitative estimate of drug-likeness (QED) is 0.746. The summed E-state index contributed by atoms with van der Waals surface area (Å²) in [5.41, 5.74) is 0.338. The minimum Gasteiger partial charge on any atom is -0.381 e. The molecule has 0 aromatic rings. The summed E-state index contributed by atoms with van der Waals surface area (Å²) in [6, 6.07) is 1.31. The fourth-order valence-corrected chi connectivity index (χ4v) is 3.62. The number of piperazine rings is 1. The highest BCUT2D eigenvalue weighted by Crippen LogP contribution is 2.30. The van der Waals surface area contributed by atoms with E-state index in [1.165, 1.54) is 32.5 Å². The third-order valence-corrected chi connectivity index (χ3v) is 5.11. The maximum atomic E-state index is 5.73. The van der Waals surface area contributed by atoms with Gasteiger partial charge >= 0.3 is 0 Å². The molecule has 4 heteroatoms. The lowest BCUT2D eigenvalue weighted by molar-refractivity contribution is 0.0268. The van der Waals surface area contributed by atoms with Gasteiger partial charge in [-0.2, -0.15) is 0 Å². The molecule has 0 saturated carbocycles. The van der Waals surface area contributed by atoms with Crippen molar-refractivity contribution in [3.8, 4) is 0 Å². The molecule has 0 spiro atoms. The molecule has 1 N–H and O–H groups in total. The molecular formula is C16H33N3O. The van der Waals surface area contributed by atoms with Gasteiger partial charge in [0.2, 0.25) is 0 Å². The molecular weight excluding hydrogens is 250 g/mol. The Morgan fingerprint density at radius 1 is 1.25 bits per heavy atom. The molecule has 2 aliphatic heterocycles. The molecule has 0 aliphatic carbocycles. The Kier molecular flexibility index (Phi) is 5.84. The van der Waals surface area contributed by atoms with Crippen LogP contribution in [0.2, 0.25) is 0 Å². The highest BCUT2D eigenvalue weighted by Gasteiger charge is 2.38. The summed E-state index contributed by atoms with van der Waals surface area (Å²) in [5.74, 6) is 0. The van der Waals surface area contributed by atoms with Gasteiger partial charge in [-0.05, 0) is 40.3 Å². The molecule has 0 aromatic carbocycles. The van der Waals surface area contributed by atoms with E-state index in [2.05, 4.69) is 42.9 Å². The van der Waals surface area contributed by atoms with E-state index in [1.54, 1.807) is 0 Å². The minimum absolute atomic E-state index is 0.338. The molecule has 0 bridgehead atoms. The van der Waals surface area contributed by atoms with Crippen LogP contribution in [0.15, 0.2) is 0 Å². The van der Waals surface area contributed by atoms with Gasteiger partial charge in [0.15, 0.2) is 0 Å². The van der Waals surface area contributed by atoms with E-state index in [1.807, 2.05) is 0 Å². The number of nitrogens with zero attached hydrogens (tertiary/aromatic N) is 2. The summed E-state index contributed by atoms with van der Waals surface area (Å²) in [4.78, 5) is 5.17. The Bertz CT molecular complexity index is 279. The fourth-order valence-electron chi connectivity index (χ4n) is 3.62. The van der Waals surface area contributed by atoms with Gasteiger partial charge in [-0.15, -0.1) is 0 Å². The number of rotatable bonds is 6. The second-order valence-electron chi connectivity index (χ2n) is 7.04. The van der Waals surface area contributed by atoms with Gasteiger partial charge in [0, 0.05) is 50.3 Å². The fraction of sp³-hybridized carbons (Fsp3) is 1.00. The highest BCUT2D eigenvalue weighted by atomic mass is 16.5. The van der Waals surface area contributed by atoms with Crippen molar-refractivity contribution in [2.24, 2.45) is 5.41 Å². The van der Waals surface area contributed by atoms with E-state index < -0.39 is 0 Å². The molecule has 2 heterocycles. The van der Waals surface area contributed by atoms with Crippen molar-refractivity contribution >= 4 is 0 Å². The first-order valence-electron chi connectivity index (χ1n) is 8.29. The zero-order valence-corrected chi connectivity index (χ0v) is 13.8. The van der Waals surface area contributed by atoms with Crippen molar-refractivity contribution in [2.75, 3.05) is 53.0 Å². The number of ether oxygens (including phenoxy) is 1. The van der Waals surface area contributed by atoms with E-state index in [0.717, 1.165) is 26.3 Å². The van der Waals surface area contributed by atoms with Crippen LogP contribution in [0.4, 0.5) is 0 Å². The normalized spacial score (nSPS) is 36.6. The topological polar surface area (TPSA) is 27.7 Å². The smallest absolute Gasteiger partial charge is 0.0547 e. The standard InChI is InChI=1S/C16H33N3O/c1-5-7-17-11-16(6-8-20-13-16)12-19-9-14(2)18(4)15(3)10-19/h14-15,17H,5-13H2,1-4H3. The SMILES string of the molecule is CCCNCC1(CN2CC(C)N(C)C(C)C2)CCOC1. The first-order chi connectivity index (χ1) is 9.56. The van der Waals surface area contributed by atoms with Crippen LogP contribution in [0.1, 0.15) is 33.6 Å². The molecule has 2 fully saturated rings. The van der Waals surface area contributed by atoms with Crippen LogP contribution in [0.5, 0.6) is 0 Å². The largest absolute Gasteiger partial charge is 0.381 e. The van der Waals surface area contributed by atoms with E-state index in [4.69, 9.17) is 4.74 Å². The van der Waals surface area contributed by atoms with Gasteiger partial charge in [0.05, 0.1) is 6.61 Å². The Hall–Kier alpha value is -0.160. The summed E-state index contributed by atoms with van der Waals surface area (Å²) < 4.78 is 5.73. The van der Waals surface area contributed by atoms with Gasteiger partial charge in [0.25, 0.3) is 0 Å². The maximum Gasteiger partial charge on any atom is 0.0547 e. The summed E-state index contributed by atoms with van der Waals surface area (Å²) in [6.45, 7) is 14.6. The number of likely N-dealkylation sites (N-methyl/N-ethyl adjacent to an activating group) is 1. The van der Waals surface area contributed by atoms with Crippen molar-refractivity contribution in [3.63, 3.8) is 0 Å². The van der Waals surface area contributed by atoms with Crippen LogP contribution in [0, 0.1) is 5.41 Å². The summed E-state index contributed by atoms with van der Waals surface area (Å²) >= 11 is 0. The van der Waals surface area contributed by atoms with Gasteiger partial charge in [-0.25, -0.2) is 0 Å². The number of hydrogen-bond donors (Lipinski definition) is 1. The third-order valence-electron chi connectivity index (χ3n) is 5.11. The summed E-state index contributed by atoms with van der Waals surface area (Å²) in [7, 11) is 2.25. The highest BCUT2D eigenvalue weighted by molar-refractivity contribution is 4.92. The monoisotopic (exact) mass is 283 g/mol. The van der Waals surface area contributed by atoms with Gasteiger partial charge in [0.1, 0.15) is 0 Å². The zero-order valence-electron chi connectivity index (χ0n) is 13.8. The molecule has 0 radical (unpaired) electrons. The lowest BCUT2D eigenvalue weighted by atomic mass is 9.85. The van der Waals surface area contributed by atoms with Crippen LogP contribution in [0.3, 0.4) is 0 Å². The van der Waals surface area contributed by atoms with Crippen molar-refractivity contribution in [1.82, 2.24) is 15.1 Å². The van der Waals surface area contributed by atoms with Crippen LogP contribution in [0.25, 0.3) is 0 Å². The third kappa shape index (κ3) is 3.94. The Morgan fingerprint density at radius 2 is 1.95 bits per heavy atom. The van der Waals surface area contributed by atoms with Crippen molar-refractivity contribution in [3.05, 3.63) is 0 Å². The molecule has 118 valence electrons. The zero-order chi connectivity index (χ0) is 14.6. The Labute approximate surface area is 124 Å². The molecule has 2 rings (SSSR count). The Morgan fingerprint density at radius 3 is 2.50 bits per heavy atom. The first-order valence-corrected chi connectivity index (χ1v) is 8.29. The van der Waals surface area contributed by atoms with Crippen molar-refractivity contribution < 1.29 is 4.74 Å². The lowest BCUT2D eigenvalue weighted by Gasteiger charge is -2.45. The van der Waals surface area contributed by atoms with Crippen LogP contribution in [-0.2, 0) is 4.74 Å². The van der Waals surface area contributed by atoms with Crippen LogP contribution >= 0.6 is 0 Å². The van der Waals surface area contributed by atoms with E-state index in [-0.39, 0.29) is 0 Å².